The van der Waals surface area contributed by atoms with Gasteiger partial charge in [-0.25, -0.2) is 12.8 Å². The number of aryl methyl sites for hydroxylation is 1. The number of benzene rings is 2. The van der Waals surface area contributed by atoms with Crippen molar-refractivity contribution < 1.29 is 17.6 Å². The zero-order valence-electron chi connectivity index (χ0n) is 16.6. The monoisotopic (exact) mass is 419 g/mol. The molecule has 2 aromatic rings. The lowest BCUT2D eigenvalue weighted by Crippen LogP contribution is -2.39. The maximum absolute atomic E-state index is 13.1. The second-order valence-corrected chi connectivity index (χ2v) is 9.29. The van der Waals surface area contributed by atoms with Crippen molar-refractivity contribution in [1.29, 1.82) is 0 Å². The van der Waals surface area contributed by atoms with Gasteiger partial charge in [-0.05, 0) is 74.7 Å². The Morgan fingerprint density at radius 2 is 1.93 bits per heavy atom. The SMILES string of the molecule is CCS(=O)(=O)Nc1ccc(NC(=O)C2CCCN2Cc2ccc(F)cc2)cc1C. The van der Waals surface area contributed by atoms with E-state index in [1.165, 1.54) is 12.1 Å². The molecule has 156 valence electrons. The molecule has 0 spiro atoms. The fourth-order valence-electron chi connectivity index (χ4n) is 3.46. The predicted octanol–water partition coefficient (Wildman–Crippen LogP) is 3.50. The quantitative estimate of drug-likeness (QED) is 0.720. The third kappa shape index (κ3) is 5.55. The van der Waals surface area contributed by atoms with E-state index in [1.807, 2.05) is 0 Å². The summed E-state index contributed by atoms with van der Waals surface area (Å²) in [7, 11) is -3.35. The Morgan fingerprint density at radius 3 is 2.59 bits per heavy atom. The fraction of sp³-hybridized carbons (Fsp3) is 0.381. The molecule has 0 saturated carbocycles. The van der Waals surface area contributed by atoms with E-state index >= 15 is 0 Å². The fourth-order valence-corrected chi connectivity index (χ4v) is 4.17. The molecular formula is C21H26FN3O3S. The minimum absolute atomic E-state index is 0.00347. The van der Waals surface area contributed by atoms with Crippen LogP contribution >= 0.6 is 0 Å². The molecule has 1 atom stereocenters. The molecule has 1 amide bonds. The van der Waals surface area contributed by atoms with Gasteiger partial charge in [-0.15, -0.1) is 0 Å². The first-order valence-electron chi connectivity index (χ1n) is 9.68. The molecule has 0 aromatic heterocycles. The van der Waals surface area contributed by atoms with Gasteiger partial charge in [-0.2, -0.15) is 0 Å². The second kappa shape index (κ2) is 8.92. The van der Waals surface area contributed by atoms with Crippen LogP contribution in [0.25, 0.3) is 0 Å². The standard InChI is InChI=1S/C21H26FN3O3S/c1-3-29(27,28)24-19-11-10-18(13-15(19)2)23-21(26)20-5-4-12-25(20)14-16-6-8-17(22)9-7-16/h6-11,13,20,24H,3-5,12,14H2,1-2H3,(H,23,26). The average Bonchev–Trinajstić information content (AvgIpc) is 3.14. The van der Waals surface area contributed by atoms with Crippen molar-refractivity contribution in [2.75, 3.05) is 22.3 Å². The molecule has 0 aliphatic carbocycles. The van der Waals surface area contributed by atoms with Crippen LogP contribution in [0.2, 0.25) is 0 Å². The Bertz CT molecular complexity index is 977. The molecule has 0 bridgehead atoms. The summed E-state index contributed by atoms with van der Waals surface area (Å²) >= 11 is 0. The van der Waals surface area contributed by atoms with Gasteiger partial charge in [0.15, 0.2) is 0 Å². The number of hydrogen-bond donors (Lipinski definition) is 2. The van der Waals surface area contributed by atoms with Crippen molar-refractivity contribution in [3.63, 3.8) is 0 Å². The number of nitrogens with one attached hydrogen (secondary N) is 2. The minimum atomic E-state index is -3.35. The smallest absolute Gasteiger partial charge is 0.241 e. The summed E-state index contributed by atoms with van der Waals surface area (Å²) in [6, 6.07) is 11.2. The molecule has 2 aromatic carbocycles. The first kappa shape index (κ1) is 21.3. The summed E-state index contributed by atoms with van der Waals surface area (Å²) in [6.07, 6.45) is 1.69. The van der Waals surface area contributed by atoms with Crippen LogP contribution < -0.4 is 10.0 Å². The number of amides is 1. The summed E-state index contributed by atoms with van der Waals surface area (Å²) in [5, 5.41) is 2.94. The Labute approximate surface area is 171 Å². The Balaban J connectivity index is 1.65. The van der Waals surface area contributed by atoms with Crippen LogP contribution in [0.1, 0.15) is 30.9 Å². The van der Waals surface area contributed by atoms with Crippen molar-refractivity contribution in [1.82, 2.24) is 4.90 Å². The number of carbonyl (C=O) groups is 1. The van der Waals surface area contributed by atoms with Crippen molar-refractivity contribution in [3.05, 3.63) is 59.4 Å². The lowest BCUT2D eigenvalue weighted by molar-refractivity contribution is -0.120. The molecule has 29 heavy (non-hydrogen) atoms. The third-order valence-electron chi connectivity index (χ3n) is 5.10. The Hall–Kier alpha value is -2.45. The highest BCUT2D eigenvalue weighted by atomic mass is 32.2. The average molecular weight is 420 g/mol. The van der Waals surface area contributed by atoms with E-state index in [4.69, 9.17) is 0 Å². The molecule has 1 fully saturated rings. The van der Waals surface area contributed by atoms with E-state index in [0.717, 1.165) is 30.5 Å². The summed E-state index contributed by atoms with van der Waals surface area (Å²) in [5.41, 5.74) is 2.83. The highest BCUT2D eigenvalue weighted by Crippen LogP contribution is 2.24. The number of likely N-dealkylation sites (tertiary alicyclic amines) is 1. The van der Waals surface area contributed by atoms with E-state index in [-0.39, 0.29) is 23.5 Å². The van der Waals surface area contributed by atoms with Crippen LogP contribution in [0.3, 0.4) is 0 Å². The van der Waals surface area contributed by atoms with Gasteiger partial charge in [0.25, 0.3) is 0 Å². The highest BCUT2D eigenvalue weighted by Gasteiger charge is 2.30. The van der Waals surface area contributed by atoms with Crippen LogP contribution in [0, 0.1) is 12.7 Å². The van der Waals surface area contributed by atoms with Crippen molar-refractivity contribution >= 4 is 27.3 Å². The molecule has 1 aliphatic heterocycles. The first-order valence-corrected chi connectivity index (χ1v) is 11.3. The number of rotatable bonds is 7. The van der Waals surface area contributed by atoms with Gasteiger partial charge in [0.05, 0.1) is 17.5 Å². The number of carbonyl (C=O) groups excluding carboxylic acids is 1. The lowest BCUT2D eigenvalue weighted by atomic mass is 10.1. The molecule has 1 unspecified atom stereocenters. The second-order valence-electron chi connectivity index (χ2n) is 7.28. The predicted molar refractivity (Wildman–Crippen MR) is 113 cm³/mol. The van der Waals surface area contributed by atoms with Crippen molar-refractivity contribution in [2.45, 2.75) is 39.3 Å². The van der Waals surface area contributed by atoms with Crippen LogP contribution in [0.5, 0.6) is 0 Å². The van der Waals surface area contributed by atoms with Gasteiger partial charge in [0, 0.05) is 12.2 Å². The van der Waals surface area contributed by atoms with E-state index in [2.05, 4.69) is 14.9 Å². The maximum atomic E-state index is 13.1. The van der Waals surface area contributed by atoms with Crippen LogP contribution in [0.4, 0.5) is 15.8 Å². The van der Waals surface area contributed by atoms with E-state index < -0.39 is 10.0 Å². The highest BCUT2D eigenvalue weighted by molar-refractivity contribution is 7.92. The largest absolute Gasteiger partial charge is 0.325 e. The maximum Gasteiger partial charge on any atom is 0.241 e. The molecular weight excluding hydrogens is 393 g/mol. The number of nitrogens with zero attached hydrogens (tertiary/aromatic N) is 1. The minimum Gasteiger partial charge on any atom is -0.325 e. The summed E-state index contributed by atoms with van der Waals surface area (Å²) in [6.45, 7) is 4.77. The van der Waals surface area contributed by atoms with Gasteiger partial charge in [0.1, 0.15) is 5.82 Å². The zero-order chi connectivity index (χ0) is 21.0. The van der Waals surface area contributed by atoms with Crippen LogP contribution in [-0.2, 0) is 21.4 Å². The molecule has 0 radical (unpaired) electrons. The first-order chi connectivity index (χ1) is 13.8. The van der Waals surface area contributed by atoms with E-state index in [1.54, 1.807) is 44.2 Å². The molecule has 1 aliphatic rings. The summed E-state index contributed by atoms with van der Waals surface area (Å²) in [5.74, 6) is -0.369. The molecule has 1 saturated heterocycles. The van der Waals surface area contributed by atoms with Gasteiger partial charge in [0.2, 0.25) is 15.9 Å². The van der Waals surface area contributed by atoms with Gasteiger partial charge in [-0.1, -0.05) is 12.1 Å². The summed E-state index contributed by atoms with van der Waals surface area (Å²) in [4.78, 5) is 14.9. The number of hydrogen-bond acceptors (Lipinski definition) is 4. The summed E-state index contributed by atoms with van der Waals surface area (Å²) < 4.78 is 39.1. The third-order valence-corrected chi connectivity index (χ3v) is 6.40. The zero-order valence-corrected chi connectivity index (χ0v) is 17.4. The number of anilines is 2. The Kier molecular flexibility index (Phi) is 6.54. The van der Waals surface area contributed by atoms with Gasteiger partial charge in [-0.3, -0.25) is 14.4 Å². The number of sulfonamides is 1. The molecule has 8 heteroatoms. The van der Waals surface area contributed by atoms with E-state index in [0.29, 0.717) is 17.9 Å². The Morgan fingerprint density at radius 1 is 1.21 bits per heavy atom. The molecule has 6 nitrogen and oxygen atoms in total. The molecule has 3 rings (SSSR count). The molecule has 2 N–H and O–H groups in total. The van der Waals surface area contributed by atoms with Crippen molar-refractivity contribution in [3.8, 4) is 0 Å². The van der Waals surface area contributed by atoms with Crippen LogP contribution in [-0.4, -0.2) is 37.6 Å². The van der Waals surface area contributed by atoms with Gasteiger partial charge < -0.3 is 5.32 Å². The number of halogens is 1. The topological polar surface area (TPSA) is 78.5 Å². The van der Waals surface area contributed by atoms with Crippen molar-refractivity contribution in [2.24, 2.45) is 0 Å². The van der Waals surface area contributed by atoms with Gasteiger partial charge >= 0.3 is 0 Å². The lowest BCUT2D eigenvalue weighted by Gasteiger charge is -2.24. The molecule has 1 heterocycles. The van der Waals surface area contributed by atoms with E-state index in [9.17, 15) is 17.6 Å². The normalized spacial score (nSPS) is 17.3. The van der Waals surface area contributed by atoms with Crippen LogP contribution in [0.15, 0.2) is 42.5 Å².